The number of carbonyl (C=O) groups excluding carboxylic acids is 1. The maximum absolute atomic E-state index is 13.7. The molecule has 0 aliphatic heterocycles. The first kappa shape index (κ1) is 16.3. The summed E-state index contributed by atoms with van der Waals surface area (Å²) < 4.78 is 26.9. The normalized spacial score (nSPS) is 11.9. The molecule has 6 heteroatoms. The van der Waals surface area contributed by atoms with Crippen molar-refractivity contribution >= 4 is 17.2 Å². The van der Waals surface area contributed by atoms with E-state index in [4.69, 9.17) is 0 Å². The van der Waals surface area contributed by atoms with E-state index in [1.165, 1.54) is 11.3 Å². The van der Waals surface area contributed by atoms with E-state index in [1.807, 2.05) is 35.7 Å². The quantitative estimate of drug-likeness (QED) is 0.763. The van der Waals surface area contributed by atoms with E-state index in [0.29, 0.717) is 0 Å². The van der Waals surface area contributed by atoms with Crippen LogP contribution in [0.25, 0.3) is 0 Å². The Morgan fingerprint density at radius 1 is 1.17 bits per heavy atom. The van der Waals surface area contributed by atoms with Crippen molar-refractivity contribution in [2.75, 3.05) is 0 Å². The van der Waals surface area contributed by atoms with Crippen LogP contribution in [-0.2, 0) is 11.2 Å². The Labute approximate surface area is 142 Å². The third kappa shape index (κ3) is 3.83. The van der Waals surface area contributed by atoms with Crippen molar-refractivity contribution in [3.05, 3.63) is 87.9 Å². The van der Waals surface area contributed by atoms with E-state index in [-0.39, 0.29) is 12.0 Å². The Kier molecular flexibility index (Phi) is 4.96. The molecule has 1 amide bonds. The Morgan fingerprint density at radius 2 is 1.96 bits per heavy atom. The molecular formula is C18H14F2N2OS. The van der Waals surface area contributed by atoms with Crippen LogP contribution in [-0.4, -0.2) is 10.9 Å². The summed E-state index contributed by atoms with van der Waals surface area (Å²) in [4.78, 5) is 16.6. The van der Waals surface area contributed by atoms with Gasteiger partial charge in [-0.3, -0.25) is 4.79 Å². The Bertz CT molecular complexity index is 822. The van der Waals surface area contributed by atoms with Crippen molar-refractivity contribution in [3.63, 3.8) is 0 Å². The summed E-state index contributed by atoms with van der Waals surface area (Å²) in [5.74, 6) is -1.57. The Morgan fingerprint density at radius 3 is 2.67 bits per heavy atom. The molecule has 0 fully saturated rings. The van der Waals surface area contributed by atoms with E-state index >= 15 is 0 Å². The number of hydrogen-bond donors (Lipinski definition) is 1. The molecule has 3 rings (SSSR count). The second-order valence-electron chi connectivity index (χ2n) is 5.19. The molecule has 2 aromatic carbocycles. The summed E-state index contributed by atoms with van der Waals surface area (Å²) in [6, 6.07) is 12.1. The smallest absolute Gasteiger partial charge is 0.225 e. The lowest BCUT2D eigenvalue weighted by Gasteiger charge is -2.17. The zero-order chi connectivity index (χ0) is 16.9. The molecule has 24 heavy (non-hydrogen) atoms. The van der Waals surface area contributed by atoms with Crippen molar-refractivity contribution in [1.82, 2.24) is 10.3 Å². The standard InChI is InChI=1S/C18H14F2N2OS/c19-14-6-7-15(20)13(10-14)11-16(23)22-17(18-21-8-9-24-18)12-4-2-1-3-5-12/h1-10,17H,11H2,(H,22,23). The molecule has 1 heterocycles. The fourth-order valence-corrected chi connectivity index (χ4v) is 3.09. The lowest BCUT2D eigenvalue weighted by molar-refractivity contribution is -0.121. The van der Waals surface area contributed by atoms with Gasteiger partial charge in [0.25, 0.3) is 0 Å². The third-order valence-corrected chi connectivity index (χ3v) is 4.34. The number of carbonyl (C=O) groups is 1. The largest absolute Gasteiger partial charge is 0.342 e. The number of rotatable bonds is 5. The van der Waals surface area contributed by atoms with Crippen molar-refractivity contribution in [2.24, 2.45) is 0 Å². The van der Waals surface area contributed by atoms with Gasteiger partial charge in [0.15, 0.2) is 0 Å². The maximum Gasteiger partial charge on any atom is 0.225 e. The number of nitrogens with one attached hydrogen (secondary N) is 1. The minimum absolute atomic E-state index is 0.0263. The molecule has 0 saturated carbocycles. The van der Waals surface area contributed by atoms with Crippen LogP contribution in [0.1, 0.15) is 22.2 Å². The van der Waals surface area contributed by atoms with Gasteiger partial charge in [-0.1, -0.05) is 30.3 Å². The second-order valence-corrected chi connectivity index (χ2v) is 6.12. The number of benzene rings is 2. The monoisotopic (exact) mass is 344 g/mol. The van der Waals surface area contributed by atoms with Crippen LogP contribution >= 0.6 is 11.3 Å². The van der Waals surface area contributed by atoms with Gasteiger partial charge < -0.3 is 5.32 Å². The molecule has 0 aliphatic carbocycles. The predicted molar refractivity (Wildman–Crippen MR) is 88.6 cm³/mol. The fraction of sp³-hybridized carbons (Fsp3) is 0.111. The first-order chi connectivity index (χ1) is 11.6. The summed E-state index contributed by atoms with van der Waals surface area (Å²) in [6.45, 7) is 0. The maximum atomic E-state index is 13.7. The van der Waals surface area contributed by atoms with E-state index in [1.54, 1.807) is 6.20 Å². The van der Waals surface area contributed by atoms with Gasteiger partial charge in [0, 0.05) is 17.1 Å². The molecule has 1 N–H and O–H groups in total. The van der Waals surface area contributed by atoms with Gasteiger partial charge in [0.2, 0.25) is 5.91 Å². The number of aromatic nitrogens is 1. The Balaban J connectivity index is 1.80. The highest BCUT2D eigenvalue weighted by Gasteiger charge is 2.20. The first-order valence-electron chi connectivity index (χ1n) is 7.31. The summed E-state index contributed by atoms with van der Waals surface area (Å²) in [7, 11) is 0. The van der Waals surface area contributed by atoms with Gasteiger partial charge in [0.05, 0.1) is 6.42 Å². The molecule has 0 saturated heterocycles. The van der Waals surface area contributed by atoms with Crippen LogP contribution in [0.2, 0.25) is 0 Å². The van der Waals surface area contributed by atoms with E-state index in [9.17, 15) is 13.6 Å². The number of halogens is 2. The lowest BCUT2D eigenvalue weighted by atomic mass is 10.1. The van der Waals surface area contributed by atoms with Crippen molar-refractivity contribution in [2.45, 2.75) is 12.5 Å². The number of nitrogens with zero attached hydrogens (tertiary/aromatic N) is 1. The predicted octanol–water partition coefficient (Wildman–Crippen LogP) is 3.87. The highest BCUT2D eigenvalue weighted by molar-refractivity contribution is 7.09. The van der Waals surface area contributed by atoms with Crippen LogP contribution in [0, 0.1) is 11.6 Å². The molecule has 1 atom stereocenters. The summed E-state index contributed by atoms with van der Waals surface area (Å²) in [5.41, 5.74) is 0.902. The summed E-state index contributed by atoms with van der Waals surface area (Å²) >= 11 is 1.42. The number of amides is 1. The van der Waals surface area contributed by atoms with Crippen LogP contribution in [0.4, 0.5) is 8.78 Å². The third-order valence-electron chi connectivity index (χ3n) is 3.50. The van der Waals surface area contributed by atoms with Crippen LogP contribution in [0.15, 0.2) is 60.1 Å². The molecule has 3 nitrogen and oxygen atoms in total. The van der Waals surface area contributed by atoms with Crippen LogP contribution in [0.3, 0.4) is 0 Å². The topological polar surface area (TPSA) is 42.0 Å². The highest BCUT2D eigenvalue weighted by atomic mass is 32.1. The Hall–Kier alpha value is -2.60. The molecule has 0 spiro atoms. The second kappa shape index (κ2) is 7.31. The van der Waals surface area contributed by atoms with Gasteiger partial charge >= 0.3 is 0 Å². The minimum atomic E-state index is -0.600. The van der Waals surface area contributed by atoms with Crippen LogP contribution < -0.4 is 5.32 Å². The van der Waals surface area contributed by atoms with Gasteiger partial charge in [-0.05, 0) is 23.8 Å². The molecule has 122 valence electrons. The molecule has 0 radical (unpaired) electrons. The van der Waals surface area contributed by atoms with Gasteiger partial charge in [-0.2, -0.15) is 0 Å². The molecule has 0 bridgehead atoms. The molecule has 0 aliphatic rings. The van der Waals surface area contributed by atoms with Gasteiger partial charge in [0.1, 0.15) is 22.7 Å². The molecule has 3 aromatic rings. The van der Waals surface area contributed by atoms with Gasteiger partial charge in [-0.25, -0.2) is 13.8 Å². The molecule has 1 unspecified atom stereocenters. The lowest BCUT2D eigenvalue weighted by Crippen LogP contribution is -2.30. The van der Waals surface area contributed by atoms with Crippen molar-refractivity contribution < 1.29 is 13.6 Å². The summed E-state index contributed by atoms with van der Waals surface area (Å²) in [5, 5.41) is 5.40. The average molecular weight is 344 g/mol. The van der Waals surface area contributed by atoms with E-state index < -0.39 is 23.6 Å². The zero-order valence-corrected chi connectivity index (χ0v) is 13.4. The zero-order valence-electron chi connectivity index (χ0n) is 12.6. The van der Waals surface area contributed by atoms with E-state index in [0.717, 1.165) is 28.8 Å². The average Bonchev–Trinajstić information content (AvgIpc) is 3.11. The first-order valence-corrected chi connectivity index (χ1v) is 8.19. The van der Waals surface area contributed by atoms with Crippen LogP contribution in [0.5, 0.6) is 0 Å². The highest BCUT2D eigenvalue weighted by Crippen LogP contribution is 2.24. The number of hydrogen-bond acceptors (Lipinski definition) is 3. The summed E-state index contributed by atoms with van der Waals surface area (Å²) in [6.07, 6.45) is 1.42. The molecular weight excluding hydrogens is 330 g/mol. The van der Waals surface area contributed by atoms with Crippen molar-refractivity contribution in [1.29, 1.82) is 0 Å². The van der Waals surface area contributed by atoms with Gasteiger partial charge in [-0.15, -0.1) is 11.3 Å². The molecule has 1 aromatic heterocycles. The number of thiazole rings is 1. The fourth-order valence-electron chi connectivity index (χ4n) is 2.37. The van der Waals surface area contributed by atoms with Crippen molar-refractivity contribution in [3.8, 4) is 0 Å². The SMILES string of the molecule is O=C(Cc1cc(F)ccc1F)NC(c1ccccc1)c1nccs1. The van der Waals surface area contributed by atoms with E-state index in [2.05, 4.69) is 10.3 Å². The minimum Gasteiger partial charge on any atom is -0.342 e.